The quantitative estimate of drug-likeness (QED) is 0.306. The number of likely N-dealkylation sites (tertiary alicyclic amines) is 1. The Balaban J connectivity index is 1.16. The Hall–Kier alpha value is -3.74. The van der Waals surface area contributed by atoms with Crippen molar-refractivity contribution >= 4 is 23.8 Å². The molecule has 0 N–H and O–H groups in total. The summed E-state index contributed by atoms with van der Waals surface area (Å²) in [6, 6.07) is 14.8. The summed E-state index contributed by atoms with van der Waals surface area (Å²) < 4.78 is 10.8. The number of nitrogens with zero attached hydrogens (tertiary/aromatic N) is 1. The highest BCUT2D eigenvalue weighted by Gasteiger charge is 2.67. The number of esters is 2. The molecule has 7 heteroatoms. The van der Waals surface area contributed by atoms with Gasteiger partial charge in [-0.25, -0.2) is 9.59 Å². The number of imide groups is 1. The van der Waals surface area contributed by atoms with E-state index in [2.05, 4.69) is 12.2 Å². The van der Waals surface area contributed by atoms with Crippen LogP contribution in [0.4, 0.5) is 0 Å². The van der Waals surface area contributed by atoms with E-state index < -0.39 is 18.5 Å². The molecule has 6 atom stereocenters. The van der Waals surface area contributed by atoms with E-state index in [0.29, 0.717) is 17.6 Å². The van der Waals surface area contributed by atoms with Crippen LogP contribution in [0.5, 0.6) is 11.5 Å². The lowest BCUT2D eigenvalue weighted by molar-refractivity contribution is -0.148. The van der Waals surface area contributed by atoms with Crippen molar-refractivity contribution < 1.29 is 28.7 Å². The lowest BCUT2D eigenvalue weighted by Crippen LogP contribution is -2.40. The van der Waals surface area contributed by atoms with Crippen LogP contribution in [0.15, 0.2) is 66.7 Å². The molecule has 0 spiro atoms. The summed E-state index contributed by atoms with van der Waals surface area (Å²) in [5, 5.41) is 0. The number of carbonyl (C=O) groups is 4. The molecule has 0 aromatic heterocycles. The number of carbonyl (C=O) groups excluding carboxylic acids is 4. The molecule has 6 unspecified atom stereocenters. The molecule has 4 aliphatic carbocycles. The monoisotopic (exact) mass is 443 g/mol. The molecule has 2 bridgehead atoms. The minimum atomic E-state index is -0.777. The number of rotatable bonds is 5. The van der Waals surface area contributed by atoms with Gasteiger partial charge in [-0.1, -0.05) is 42.5 Å². The Labute approximate surface area is 190 Å². The third kappa shape index (κ3) is 3.18. The zero-order valence-corrected chi connectivity index (χ0v) is 17.6. The number of hydrogen-bond acceptors (Lipinski definition) is 6. The van der Waals surface area contributed by atoms with Crippen molar-refractivity contribution in [2.24, 2.45) is 35.5 Å². The van der Waals surface area contributed by atoms with Crippen LogP contribution in [-0.4, -0.2) is 35.2 Å². The van der Waals surface area contributed by atoms with E-state index in [4.69, 9.17) is 9.47 Å². The second kappa shape index (κ2) is 7.40. The number of amides is 2. The Morgan fingerprint density at radius 1 is 0.818 bits per heavy atom. The number of benzene rings is 2. The van der Waals surface area contributed by atoms with E-state index in [9.17, 15) is 19.2 Å². The first kappa shape index (κ1) is 19.9. The Kier molecular flexibility index (Phi) is 4.47. The van der Waals surface area contributed by atoms with Crippen molar-refractivity contribution in [3.63, 3.8) is 0 Å². The molecule has 1 saturated heterocycles. The van der Waals surface area contributed by atoms with Gasteiger partial charge in [0.2, 0.25) is 11.8 Å². The van der Waals surface area contributed by atoms with E-state index in [-0.39, 0.29) is 46.8 Å². The third-order valence-corrected chi connectivity index (χ3v) is 7.33. The predicted molar refractivity (Wildman–Crippen MR) is 115 cm³/mol. The first-order chi connectivity index (χ1) is 16.0. The fraction of sp³-hybridized carbons (Fsp3) is 0.308. The highest BCUT2D eigenvalue weighted by atomic mass is 16.6. The van der Waals surface area contributed by atoms with Gasteiger partial charge in [0.1, 0.15) is 23.6 Å². The van der Waals surface area contributed by atoms with Crippen molar-refractivity contribution in [3.05, 3.63) is 72.3 Å². The van der Waals surface area contributed by atoms with Gasteiger partial charge in [-0.3, -0.25) is 14.5 Å². The molecule has 2 aromatic carbocycles. The molecular weight excluding hydrogens is 422 g/mol. The van der Waals surface area contributed by atoms with Gasteiger partial charge in [-0.15, -0.1) is 0 Å². The average molecular weight is 443 g/mol. The molecule has 1 heterocycles. The van der Waals surface area contributed by atoms with Crippen LogP contribution < -0.4 is 9.47 Å². The van der Waals surface area contributed by atoms with Crippen molar-refractivity contribution in [2.75, 3.05) is 6.54 Å². The molecule has 1 aliphatic heterocycles. The molecule has 33 heavy (non-hydrogen) atoms. The normalized spacial score (nSPS) is 30.6. The number of allylic oxidation sites excluding steroid dienone is 2. The predicted octanol–water partition coefficient (Wildman–Crippen LogP) is 2.86. The van der Waals surface area contributed by atoms with Gasteiger partial charge in [-0.2, -0.15) is 0 Å². The van der Waals surface area contributed by atoms with Crippen LogP contribution in [0.1, 0.15) is 16.8 Å². The van der Waals surface area contributed by atoms with Crippen LogP contribution in [0.25, 0.3) is 0 Å². The van der Waals surface area contributed by atoms with Gasteiger partial charge in [0.05, 0.1) is 11.8 Å². The third-order valence-electron chi connectivity index (χ3n) is 7.33. The topological polar surface area (TPSA) is 90.0 Å². The highest BCUT2D eigenvalue weighted by molar-refractivity contribution is 6.08. The lowest BCUT2D eigenvalue weighted by atomic mass is 9.63. The minimum Gasteiger partial charge on any atom is -0.424 e. The molecule has 3 fully saturated rings. The second-order valence-electron chi connectivity index (χ2n) is 9.09. The van der Waals surface area contributed by atoms with Crippen molar-refractivity contribution in [1.29, 1.82) is 0 Å². The van der Waals surface area contributed by atoms with Gasteiger partial charge < -0.3 is 9.47 Å². The summed E-state index contributed by atoms with van der Waals surface area (Å²) in [5.41, 5.74) is 0.0739. The summed E-state index contributed by atoms with van der Waals surface area (Å²) in [7, 11) is 0. The van der Waals surface area contributed by atoms with E-state index >= 15 is 0 Å². The van der Waals surface area contributed by atoms with Crippen LogP contribution in [-0.2, 0) is 14.4 Å². The van der Waals surface area contributed by atoms with Crippen LogP contribution in [0.2, 0.25) is 0 Å². The smallest absolute Gasteiger partial charge is 0.347 e. The molecule has 2 saturated carbocycles. The maximum absolute atomic E-state index is 13.1. The van der Waals surface area contributed by atoms with Crippen molar-refractivity contribution in [1.82, 2.24) is 4.90 Å². The molecule has 2 aromatic rings. The molecular formula is C26H21NO6. The molecule has 7 nitrogen and oxygen atoms in total. The summed E-state index contributed by atoms with van der Waals surface area (Å²) in [5.74, 6) is -1.21. The Bertz CT molecular complexity index is 1170. The zero-order valence-electron chi connectivity index (χ0n) is 17.6. The maximum Gasteiger partial charge on any atom is 0.347 e. The van der Waals surface area contributed by atoms with Gasteiger partial charge in [-0.05, 0) is 54.4 Å². The standard InChI is InChI=1S/C26H21NO6/c28-21(33-20-9-5-4-8-17(20)26(31)32-14-6-2-1-3-7-14)13-27-24(29)22-15-10-11-16(19-12-18(15)19)23(22)25(27)30/h1-11,15-16,18-19,22-23H,12-13H2. The Morgan fingerprint density at radius 3 is 2.09 bits per heavy atom. The number of hydrogen-bond donors (Lipinski definition) is 0. The average Bonchev–Trinajstić information content (AvgIpc) is 3.61. The van der Waals surface area contributed by atoms with Crippen LogP contribution in [0.3, 0.4) is 0 Å². The summed E-state index contributed by atoms with van der Waals surface area (Å²) in [6.45, 7) is -0.471. The van der Waals surface area contributed by atoms with Crippen LogP contribution >= 0.6 is 0 Å². The zero-order chi connectivity index (χ0) is 22.7. The number of ether oxygens (including phenoxy) is 2. The Morgan fingerprint density at radius 2 is 1.42 bits per heavy atom. The van der Waals surface area contributed by atoms with Gasteiger partial charge in [0.15, 0.2) is 0 Å². The van der Waals surface area contributed by atoms with Gasteiger partial charge >= 0.3 is 11.9 Å². The van der Waals surface area contributed by atoms with Crippen molar-refractivity contribution in [3.8, 4) is 11.5 Å². The molecule has 166 valence electrons. The lowest BCUT2D eigenvalue weighted by Gasteiger charge is -2.37. The first-order valence-corrected chi connectivity index (χ1v) is 11.1. The molecule has 2 amide bonds. The van der Waals surface area contributed by atoms with E-state index in [1.807, 2.05) is 0 Å². The van der Waals surface area contributed by atoms with Gasteiger partial charge in [0, 0.05) is 0 Å². The van der Waals surface area contributed by atoms with Crippen LogP contribution in [0, 0.1) is 35.5 Å². The second-order valence-corrected chi connectivity index (χ2v) is 9.09. The summed E-state index contributed by atoms with van der Waals surface area (Å²) >= 11 is 0. The highest BCUT2D eigenvalue weighted by Crippen LogP contribution is 2.65. The first-order valence-electron chi connectivity index (χ1n) is 11.1. The molecule has 7 rings (SSSR count). The fourth-order valence-electron chi connectivity index (χ4n) is 5.83. The maximum atomic E-state index is 13.1. The van der Waals surface area contributed by atoms with Crippen molar-refractivity contribution in [2.45, 2.75) is 6.42 Å². The fourth-order valence-corrected chi connectivity index (χ4v) is 5.83. The van der Waals surface area contributed by atoms with E-state index in [1.165, 1.54) is 12.1 Å². The van der Waals surface area contributed by atoms with E-state index in [0.717, 1.165) is 11.3 Å². The minimum absolute atomic E-state index is 0.0166. The summed E-state index contributed by atoms with van der Waals surface area (Å²) in [4.78, 5) is 52.5. The summed E-state index contributed by atoms with van der Waals surface area (Å²) in [6.07, 6.45) is 5.25. The van der Waals surface area contributed by atoms with E-state index in [1.54, 1.807) is 42.5 Å². The number of para-hydroxylation sites is 2. The largest absolute Gasteiger partial charge is 0.424 e. The molecule has 0 radical (unpaired) electrons. The van der Waals surface area contributed by atoms with Gasteiger partial charge in [0.25, 0.3) is 0 Å². The molecule has 5 aliphatic rings. The SMILES string of the molecule is O=C(CN1C(=O)C2C3C=CC(C4CC34)C2C1=O)Oc1ccccc1C(=O)Oc1ccccc1.